The molecule has 1 aliphatic heterocycles. The van der Waals surface area contributed by atoms with Gasteiger partial charge in [-0.05, 0) is 51.0 Å². The van der Waals surface area contributed by atoms with Crippen LogP contribution in [-0.2, 0) is 9.47 Å². The number of Topliss-reactive ketones (excluding diaryl/α,β-unsaturated/α-hetero) is 1. The molecule has 2 heterocycles. The Labute approximate surface area is 197 Å². The zero-order valence-electron chi connectivity index (χ0n) is 18.4. The third-order valence-electron chi connectivity index (χ3n) is 4.73. The Morgan fingerprint density at radius 2 is 1.97 bits per heavy atom. The molecule has 0 saturated carbocycles. The highest BCUT2D eigenvalue weighted by Gasteiger charge is 2.29. The summed E-state index contributed by atoms with van der Waals surface area (Å²) in [6, 6.07) is 5.40. The molecular formula is C23H26Cl2N2O5. The average molecular weight is 481 g/mol. The fraction of sp³-hybridized carbons (Fsp3) is 0.435. The van der Waals surface area contributed by atoms with E-state index in [0.29, 0.717) is 40.8 Å². The molecule has 1 aromatic carbocycles. The van der Waals surface area contributed by atoms with Crippen LogP contribution in [0, 0.1) is 6.92 Å². The van der Waals surface area contributed by atoms with Crippen molar-refractivity contribution < 1.29 is 23.8 Å². The van der Waals surface area contributed by atoms with Gasteiger partial charge in [-0.3, -0.25) is 4.79 Å². The van der Waals surface area contributed by atoms with Gasteiger partial charge < -0.3 is 19.5 Å². The van der Waals surface area contributed by atoms with Gasteiger partial charge in [-0.15, -0.1) is 0 Å². The van der Waals surface area contributed by atoms with Gasteiger partial charge in [0.1, 0.15) is 17.7 Å². The van der Waals surface area contributed by atoms with Crippen LogP contribution in [-0.4, -0.2) is 41.8 Å². The van der Waals surface area contributed by atoms with E-state index >= 15 is 0 Å². The van der Waals surface area contributed by atoms with Crippen molar-refractivity contribution in [1.29, 1.82) is 0 Å². The minimum absolute atomic E-state index is 0.0544. The highest BCUT2D eigenvalue weighted by Crippen LogP contribution is 2.29. The summed E-state index contributed by atoms with van der Waals surface area (Å²) in [6.07, 6.45) is 1.46. The maximum absolute atomic E-state index is 13.5. The van der Waals surface area contributed by atoms with E-state index in [1.54, 1.807) is 52.0 Å². The number of ketones is 1. The van der Waals surface area contributed by atoms with Gasteiger partial charge in [0.15, 0.2) is 5.78 Å². The van der Waals surface area contributed by atoms with E-state index in [9.17, 15) is 9.59 Å². The Kier molecular flexibility index (Phi) is 7.64. The summed E-state index contributed by atoms with van der Waals surface area (Å²) in [5.74, 6) is 0.0516. The molecule has 3 rings (SSSR count). The summed E-state index contributed by atoms with van der Waals surface area (Å²) in [5, 5.41) is 3.26. The monoisotopic (exact) mass is 480 g/mol. The summed E-state index contributed by atoms with van der Waals surface area (Å²) in [4.78, 5) is 30.2. The molecule has 0 bridgehead atoms. The number of aryl methyl sites for hydroxylation is 1. The van der Waals surface area contributed by atoms with Gasteiger partial charge >= 0.3 is 6.09 Å². The predicted octanol–water partition coefficient (Wildman–Crippen LogP) is 5.31. The molecule has 2 atom stereocenters. The number of ether oxygens (including phenoxy) is 3. The lowest BCUT2D eigenvalue weighted by molar-refractivity contribution is 0.0490. The molecule has 9 heteroatoms. The molecule has 7 nitrogen and oxygen atoms in total. The van der Waals surface area contributed by atoms with Crippen molar-refractivity contribution in [3.63, 3.8) is 0 Å². The summed E-state index contributed by atoms with van der Waals surface area (Å²) >= 11 is 12.2. The van der Waals surface area contributed by atoms with E-state index in [1.807, 2.05) is 0 Å². The molecular weight excluding hydrogens is 455 g/mol. The van der Waals surface area contributed by atoms with Crippen molar-refractivity contribution in [2.45, 2.75) is 51.9 Å². The second-order valence-electron chi connectivity index (χ2n) is 8.56. The Bertz CT molecular complexity index is 1000. The lowest BCUT2D eigenvalue weighted by atomic mass is 9.96. The first-order valence-corrected chi connectivity index (χ1v) is 11.0. The molecule has 0 radical (unpaired) electrons. The first kappa shape index (κ1) is 24.3. The molecule has 0 aliphatic carbocycles. The van der Waals surface area contributed by atoms with Crippen LogP contribution < -0.4 is 10.1 Å². The summed E-state index contributed by atoms with van der Waals surface area (Å²) < 4.78 is 16.5. The van der Waals surface area contributed by atoms with Gasteiger partial charge in [0.2, 0.25) is 5.88 Å². The normalized spacial score (nSPS) is 17.0. The first-order valence-electron chi connectivity index (χ1n) is 10.2. The SMILES string of the molecule is Cc1cc(OC2CCOC2)ncc1C(=O)C(NC(=O)OC(C)(C)C)c1ccc(Cl)c(Cl)c1. The molecule has 1 aliphatic rings. The molecule has 1 saturated heterocycles. The highest BCUT2D eigenvalue weighted by atomic mass is 35.5. The maximum atomic E-state index is 13.5. The van der Waals surface area contributed by atoms with Crippen LogP contribution in [0.15, 0.2) is 30.5 Å². The number of rotatable bonds is 6. The molecule has 32 heavy (non-hydrogen) atoms. The molecule has 1 fully saturated rings. The van der Waals surface area contributed by atoms with E-state index < -0.39 is 17.7 Å². The Morgan fingerprint density at radius 3 is 2.56 bits per heavy atom. The second kappa shape index (κ2) is 10.1. The smallest absolute Gasteiger partial charge is 0.408 e. The standard InChI is InChI=1S/C23H26Cl2N2O5/c1-13-9-19(31-15-7-8-30-12-15)26-11-16(13)21(28)20(27-22(29)32-23(2,3)4)14-5-6-17(24)18(25)10-14/h5-6,9-11,15,20H,7-8,12H2,1-4H3,(H,27,29). The number of halogens is 2. The van der Waals surface area contributed by atoms with E-state index in [4.69, 9.17) is 37.4 Å². The zero-order valence-corrected chi connectivity index (χ0v) is 19.9. The number of nitrogens with zero attached hydrogens (tertiary/aromatic N) is 1. The van der Waals surface area contributed by atoms with Crippen molar-refractivity contribution in [2.24, 2.45) is 0 Å². The number of nitrogens with one attached hydrogen (secondary N) is 1. The van der Waals surface area contributed by atoms with Gasteiger partial charge in [0, 0.05) is 24.2 Å². The Hall–Kier alpha value is -2.35. The van der Waals surface area contributed by atoms with Crippen LogP contribution >= 0.6 is 23.2 Å². The van der Waals surface area contributed by atoms with Crippen molar-refractivity contribution >= 4 is 35.1 Å². The predicted molar refractivity (Wildman–Crippen MR) is 122 cm³/mol. The minimum Gasteiger partial charge on any atom is -0.472 e. The minimum atomic E-state index is -1.05. The number of aromatic nitrogens is 1. The van der Waals surface area contributed by atoms with E-state index in [1.165, 1.54) is 6.20 Å². The van der Waals surface area contributed by atoms with Crippen LogP contribution in [0.2, 0.25) is 10.0 Å². The molecule has 2 unspecified atom stereocenters. The van der Waals surface area contributed by atoms with Crippen LogP contribution in [0.3, 0.4) is 0 Å². The van der Waals surface area contributed by atoms with Crippen molar-refractivity contribution in [2.75, 3.05) is 13.2 Å². The number of pyridine rings is 1. The lowest BCUT2D eigenvalue weighted by Crippen LogP contribution is -2.38. The number of carbonyl (C=O) groups is 2. The Balaban J connectivity index is 1.88. The maximum Gasteiger partial charge on any atom is 0.408 e. The third kappa shape index (κ3) is 6.34. The van der Waals surface area contributed by atoms with Gasteiger partial charge in [0.25, 0.3) is 0 Å². The van der Waals surface area contributed by atoms with Crippen molar-refractivity contribution in [1.82, 2.24) is 10.3 Å². The fourth-order valence-corrected chi connectivity index (χ4v) is 3.51. The zero-order chi connectivity index (χ0) is 23.5. The van der Waals surface area contributed by atoms with E-state index in [2.05, 4.69) is 10.3 Å². The molecule has 0 spiro atoms. The number of carbonyl (C=O) groups excluding carboxylic acids is 2. The van der Waals surface area contributed by atoms with Crippen LogP contribution in [0.1, 0.15) is 54.7 Å². The molecule has 172 valence electrons. The number of amides is 1. The molecule has 2 aromatic rings. The molecule has 1 aromatic heterocycles. The summed E-state index contributed by atoms with van der Waals surface area (Å²) in [6.45, 7) is 8.18. The van der Waals surface area contributed by atoms with E-state index in [-0.39, 0.29) is 16.9 Å². The number of hydrogen-bond acceptors (Lipinski definition) is 6. The van der Waals surface area contributed by atoms with Crippen molar-refractivity contribution in [3.8, 4) is 5.88 Å². The highest BCUT2D eigenvalue weighted by molar-refractivity contribution is 6.42. The topological polar surface area (TPSA) is 86.8 Å². The van der Waals surface area contributed by atoms with Gasteiger partial charge in [-0.25, -0.2) is 9.78 Å². The number of hydrogen-bond donors (Lipinski definition) is 1. The number of alkyl carbamates (subject to hydrolysis) is 1. The van der Waals surface area contributed by atoms with Gasteiger partial charge in [0.05, 0.1) is 23.3 Å². The van der Waals surface area contributed by atoms with E-state index in [0.717, 1.165) is 6.42 Å². The van der Waals surface area contributed by atoms with Crippen LogP contribution in [0.25, 0.3) is 0 Å². The lowest BCUT2D eigenvalue weighted by Gasteiger charge is -2.24. The van der Waals surface area contributed by atoms with Crippen LogP contribution in [0.5, 0.6) is 5.88 Å². The first-order chi connectivity index (χ1) is 15.0. The van der Waals surface area contributed by atoms with Crippen LogP contribution in [0.4, 0.5) is 4.79 Å². The van der Waals surface area contributed by atoms with Gasteiger partial charge in [-0.2, -0.15) is 0 Å². The summed E-state index contributed by atoms with van der Waals surface area (Å²) in [5.41, 5.74) is 0.746. The quantitative estimate of drug-likeness (QED) is 0.563. The summed E-state index contributed by atoms with van der Waals surface area (Å²) in [7, 11) is 0. The molecule has 1 amide bonds. The Morgan fingerprint density at radius 1 is 1.22 bits per heavy atom. The largest absolute Gasteiger partial charge is 0.472 e. The van der Waals surface area contributed by atoms with Crippen molar-refractivity contribution in [3.05, 3.63) is 57.2 Å². The van der Waals surface area contributed by atoms with Gasteiger partial charge in [-0.1, -0.05) is 29.3 Å². The second-order valence-corrected chi connectivity index (χ2v) is 9.37. The third-order valence-corrected chi connectivity index (χ3v) is 5.47. The average Bonchev–Trinajstić information content (AvgIpc) is 3.20. The number of benzene rings is 1. The fourth-order valence-electron chi connectivity index (χ4n) is 3.20. The molecule has 1 N–H and O–H groups in total.